The molecular formula is C26H23ClFN3O3S. The quantitative estimate of drug-likeness (QED) is 0.225. The topological polar surface area (TPSA) is 84.3 Å². The highest BCUT2D eigenvalue weighted by Crippen LogP contribution is 2.58. The first-order valence-corrected chi connectivity index (χ1v) is 12.6. The van der Waals surface area contributed by atoms with Crippen molar-refractivity contribution in [1.29, 1.82) is 0 Å². The molecule has 1 aliphatic carbocycles. The summed E-state index contributed by atoms with van der Waals surface area (Å²) in [7, 11) is 0. The number of rotatable bonds is 5. The minimum atomic E-state index is -0.383. The number of nitrogens with one attached hydrogen (secondary N) is 2. The molecule has 1 heterocycles. The molecule has 6 nitrogen and oxygen atoms in total. The fraction of sp³-hybridized carbons (Fsp3) is 0.269. The third-order valence-corrected chi connectivity index (χ3v) is 8.83. The molecule has 5 rings (SSSR count). The number of para-hydroxylation sites is 1. The fourth-order valence-electron chi connectivity index (χ4n) is 5.30. The summed E-state index contributed by atoms with van der Waals surface area (Å²) in [6.45, 7) is 1.45. The zero-order valence-electron chi connectivity index (χ0n) is 18.8. The molecule has 180 valence electrons. The molecule has 0 aromatic heterocycles. The summed E-state index contributed by atoms with van der Waals surface area (Å²) in [6, 6.07) is 18.7. The van der Waals surface area contributed by atoms with Crippen molar-refractivity contribution in [1.82, 2.24) is 0 Å². The molecule has 1 amide bonds. The number of benzene rings is 3. The third-order valence-electron chi connectivity index (χ3n) is 6.71. The van der Waals surface area contributed by atoms with Crippen LogP contribution in [0.25, 0.3) is 0 Å². The van der Waals surface area contributed by atoms with E-state index in [4.69, 9.17) is 11.6 Å². The van der Waals surface area contributed by atoms with Crippen molar-refractivity contribution in [2.75, 3.05) is 10.6 Å². The normalized spacial score (nSPS) is 24.7. The van der Waals surface area contributed by atoms with Crippen LogP contribution < -0.4 is 10.6 Å². The number of hydrogen-bond donors (Lipinski definition) is 2. The van der Waals surface area contributed by atoms with Crippen LogP contribution in [-0.2, 0) is 4.79 Å². The highest BCUT2D eigenvalue weighted by molar-refractivity contribution is 8.00. The Morgan fingerprint density at radius 1 is 1.14 bits per heavy atom. The Bertz CT molecular complexity index is 1310. The summed E-state index contributed by atoms with van der Waals surface area (Å²) in [5.74, 6) is -0.641. The Morgan fingerprint density at radius 3 is 2.63 bits per heavy atom. The van der Waals surface area contributed by atoms with Crippen LogP contribution in [0.2, 0.25) is 0 Å². The predicted octanol–water partition coefficient (Wildman–Crippen LogP) is 6.73. The van der Waals surface area contributed by atoms with Crippen LogP contribution in [-0.4, -0.2) is 21.5 Å². The van der Waals surface area contributed by atoms with Crippen LogP contribution in [0.15, 0.2) is 71.6 Å². The Morgan fingerprint density at radius 2 is 1.89 bits per heavy atom. The smallest absolute Gasteiger partial charge is 0.282 e. The van der Waals surface area contributed by atoms with Gasteiger partial charge in [-0.05, 0) is 48.2 Å². The molecule has 0 bridgehead atoms. The van der Waals surface area contributed by atoms with Gasteiger partial charge in [0.2, 0.25) is 5.91 Å². The molecular weight excluding hydrogens is 489 g/mol. The summed E-state index contributed by atoms with van der Waals surface area (Å²) < 4.78 is 14.9. The first-order chi connectivity index (χ1) is 16.8. The number of carbonyl (C=O) groups excluding carboxylic acids is 1. The van der Waals surface area contributed by atoms with Crippen molar-refractivity contribution in [3.8, 4) is 0 Å². The minimum Gasteiger partial charge on any atom is -0.378 e. The number of nitro groups is 1. The Balaban J connectivity index is 1.56. The van der Waals surface area contributed by atoms with Gasteiger partial charge in [-0.25, -0.2) is 4.39 Å². The molecule has 0 saturated heterocycles. The average molecular weight is 512 g/mol. The number of fused-ring (bicyclic) bond motifs is 3. The lowest BCUT2D eigenvalue weighted by atomic mass is 9.77. The maximum Gasteiger partial charge on any atom is 0.282 e. The van der Waals surface area contributed by atoms with E-state index in [1.165, 1.54) is 30.8 Å². The highest BCUT2D eigenvalue weighted by Gasteiger charge is 2.50. The Hall–Kier alpha value is -3.10. The molecule has 5 atom stereocenters. The number of halogens is 2. The lowest BCUT2D eigenvalue weighted by molar-refractivity contribution is -0.387. The van der Waals surface area contributed by atoms with Gasteiger partial charge in [0, 0.05) is 41.1 Å². The summed E-state index contributed by atoms with van der Waals surface area (Å²) in [6.07, 6.45) is 0.644. The molecule has 1 aliphatic heterocycles. The first kappa shape index (κ1) is 23.6. The van der Waals surface area contributed by atoms with Crippen molar-refractivity contribution in [3.05, 3.63) is 93.8 Å². The molecule has 3 aromatic rings. The van der Waals surface area contributed by atoms with Gasteiger partial charge in [-0.1, -0.05) is 30.3 Å². The lowest BCUT2D eigenvalue weighted by Crippen LogP contribution is -2.31. The molecule has 1 fully saturated rings. The van der Waals surface area contributed by atoms with Crippen LogP contribution in [0.3, 0.4) is 0 Å². The van der Waals surface area contributed by atoms with E-state index in [-0.39, 0.29) is 50.8 Å². The summed E-state index contributed by atoms with van der Waals surface area (Å²) in [5.41, 5.74) is 3.09. The zero-order chi connectivity index (χ0) is 24.7. The standard InChI is InChI=1S/C26H23ClFN3O3S/c1-14(32)29-15-10-11-20-17(12-15)24-18(26(30-20)16-6-2-3-7-19(16)28)13-23(25(24)27)35-22-9-5-4-8-21(22)31(33)34/h2-12,18,23-26,30H,13H2,1H3,(H,29,32)/t18-,23-,24+,25-,26+/m1/s1. The molecule has 2 N–H and O–H groups in total. The summed E-state index contributed by atoms with van der Waals surface area (Å²) in [5, 5.41) is 17.4. The van der Waals surface area contributed by atoms with Crippen molar-refractivity contribution < 1.29 is 14.1 Å². The Labute approximate surface area is 211 Å². The zero-order valence-corrected chi connectivity index (χ0v) is 20.4. The maximum absolute atomic E-state index is 14.9. The largest absolute Gasteiger partial charge is 0.378 e. The van der Waals surface area contributed by atoms with Crippen molar-refractivity contribution >= 4 is 46.3 Å². The number of nitro benzene ring substituents is 1. The van der Waals surface area contributed by atoms with Crippen LogP contribution in [0, 0.1) is 21.8 Å². The van der Waals surface area contributed by atoms with Gasteiger partial charge in [-0.15, -0.1) is 23.4 Å². The van der Waals surface area contributed by atoms with Gasteiger partial charge >= 0.3 is 0 Å². The third kappa shape index (κ3) is 4.48. The highest BCUT2D eigenvalue weighted by atomic mass is 35.5. The number of alkyl halides is 1. The monoisotopic (exact) mass is 511 g/mol. The number of amides is 1. The molecule has 0 spiro atoms. The van der Waals surface area contributed by atoms with Crippen LogP contribution >= 0.6 is 23.4 Å². The predicted molar refractivity (Wildman–Crippen MR) is 137 cm³/mol. The van der Waals surface area contributed by atoms with E-state index in [2.05, 4.69) is 10.6 Å². The summed E-state index contributed by atoms with van der Waals surface area (Å²) >= 11 is 8.52. The number of hydrogen-bond acceptors (Lipinski definition) is 5. The van der Waals surface area contributed by atoms with Gasteiger partial charge in [-0.3, -0.25) is 14.9 Å². The molecule has 3 aromatic carbocycles. The minimum absolute atomic E-state index is 0.0465. The van der Waals surface area contributed by atoms with Gasteiger partial charge in [-0.2, -0.15) is 0 Å². The molecule has 35 heavy (non-hydrogen) atoms. The molecule has 0 unspecified atom stereocenters. The number of thioether (sulfide) groups is 1. The molecule has 9 heteroatoms. The van der Waals surface area contributed by atoms with E-state index < -0.39 is 0 Å². The van der Waals surface area contributed by atoms with Crippen LogP contribution in [0.1, 0.15) is 36.4 Å². The van der Waals surface area contributed by atoms with Crippen LogP contribution in [0.5, 0.6) is 0 Å². The Kier molecular flexibility index (Phi) is 6.42. The molecule has 0 radical (unpaired) electrons. The van der Waals surface area contributed by atoms with E-state index in [1.54, 1.807) is 30.3 Å². The number of anilines is 2. The number of carbonyl (C=O) groups is 1. The SMILES string of the molecule is CC(=O)Nc1ccc2c(c1)[C@@H]1[C@H](Cl)[C@H](Sc3ccccc3[N+](=O)[O-])C[C@H]1[C@H](c1ccccc1F)N2. The van der Waals surface area contributed by atoms with Crippen molar-refractivity contribution in [2.24, 2.45) is 5.92 Å². The van der Waals surface area contributed by atoms with Gasteiger partial charge in [0.05, 0.1) is 21.2 Å². The van der Waals surface area contributed by atoms with Gasteiger partial charge in [0.25, 0.3) is 5.69 Å². The average Bonchev–Trinajstić information content (AvgIpc) is 3.15. The van der Waals surface area contributed by atoms with Gasteiger partial charge in [0.15, 0.2) is 0 Å². The second kappa shape index (κ2) is 9.51. The fourth-order valence-corrected chi connectivity index (χ4v) is 7.25. The number of nitrogens with zero attached hydrogens (tertiary/aromatic N) is 1. The molecule has 1 saturated carbocycles. The van der Waals surface area contributed by atoms with Gasteiger partial charge in [0.1, 0.15) is 5.82 Å². The maximum atomic E-state index is 14.9. The first-order valence-electron chi connectivity index (χ1n) is 11.3. The van der Waals surface area contributed by atoms with Crippen LogP contribution in [0.4, 0.5) is 21.5 Å². The van der Waals surface area contributed by atoms with E-state index in [0.717, 1.165) is 11.3 Å². The lowest BCUT2D eigenvalue weighted by Gasteiger charge is -2.38. The van der Waals surface area contributed by atoms with Crippen molar-refractivity contribution in [2.45, 2.75) is 40.8 Å². The second-order valence-electron chi connectivity index (χ2n) is 8.88. The summed E-state index contributed by atoms with van der Waals surface area (Å²) in [4.78, 5) is 23.4. The van der Waals surface area contributed by atoms with E-state index >= 15 is 0 Å². The molecule has 2 aliphatic rings. The van der Waals surface area contributed by atoms with E-state index in [9.17, 15) is 19.3 Å². The second-order valence-corrected chi connectivity index (χ2v) is 10.7. The van der Waals surface area contributed by atoms with E-state index in [0.29, 0.717) is 22.6 Å². The van der Waals surface area contributed by atoms with Crippen molar-refractivity contribution in [3.63, 3.8) is 0 Å². The van der Waals surface area contributed by atoms with Gasteiger partial charge < -0.3 is 10.6 Å². The van der Waals surface area contributed by atoms with E-state index in [1.807, 2.05) is 24.3 Å².